The fourth-order valence-corrected chi connectivity index (χ4v) is 4.46. The smallest absolute Gasteiger partial charge is 0.0931 e. The Bertz CT molecular complexity index is 458. The molecule has 1 aromatic heterocycles. The SMILES string of the molecule is Cc1nc(CCCN[C@H]2CCOC3(CCOCC3)C2)sc1C. The van der Waals surface area contributed by atoms with Crippen LogP contribution in [0, 0.1) is 13.8 Å². The molecule has 0 unspecified atom stereocenters. The molecule has 2 aliphatic rings. The van der Waals surface area contributed by atoms with Crippen molar-refractivity contribution in [3.05, 3.63) is 15.6 Å². The van der Waals surface area contributed by atoms with Crippen molar-refractivity contribution in [3.63, 3.8) is 0 Å². The first-order valence-corrected chi connectivity index (χ1v) is 9.37. The van der Waals surface area contributed by atoms with Crippen molar-refractivity contribution in [3.8, 4) is 0 Å². The van der Waals surface area contributed by atoms with Gasteiger partial charge in [-0.15, -0.1) is 11.3 Å². The lowest BCUT2D eigenvalue weighted by molar-refractivity contribution is -0.140. The Balaban J connectivity index is 1.39. The molecule has 3 rings (SSSR count). The largest absolute Gasteiger partial charge is 0.381 e. The summed E-state index contributed by atoms with van der Waals surface area (Å²) in [4.78, 5) is 5.98. The number of thiazole rings is 1. The molecule has 2 aliphatic heterocycles. The van der Waals surface area contributed by atoms with Crippen molar-refractivity contribution in [2.45, 2.75) is 64.0 Å². The quantitative estimate of drug-likeness (QED) is 0.846. The summed E-state index contributed by atoms with van der Waals surface area (Å²) in [5.41, 5.74) is 1.29. The molecule has 2 fully saturated rings. The Morgan fingerprint density at radius 3 is 2.82 bits per heavy atom. The van der Waals surface area contributed by atoms with Crippen LogP contribution in [0.1, 0.15) is 47.7 Å². The second kappa shape index (κ2) is 7.39. The second-order valence-corrected chi connectivity index (χ2v) is 7.93. The average Bonchev–Trinajstić information content (AvgIpc) is 2.83. The zero-order valence-corrected chi connectivity index (χ0v) is 14.6. The summed E-state index contributed by atoms with van der Waals surface area (Å²) >= 11 is 1.85. The van der Waals surface area contributed by atoms with Crippen molar-refractivity contribution >= 4 is 11.3 Å². The van der Waals surface area contributed by atoms with Crippen molar-refractivity contribution in [1.29, 1.82) is 0 Å². The van der Waals surface area contributed by atoms with Gasteiger partial charge in [-0.25, -0.2) is 4.98 Å². The van der Waals surface area contributed by atoms with Gasteiger partial charge in [0.15, 0.2) is 0 Å². The van der Waals surface area contributed by atoms with Crippen molar-refractivity contribution in [1.82, 2.24) is 10.3 Å². The van der Waals surface area contributed by atoms with E-state index in [2.05, 4.69) is 24.1 Å². The molecule has 0 aromatic carbocycles. The van der Waals surface area contributed by atoms with Gasteiger partial charge in [0.1, 0.15) is 0 Å². The number of hydrogen-bond donors (Lipinski definition) is 1. The van der Waals surface area contributed by atoms with E-state index in [0.717, 1.165) is 58.5 Å². The molecule has 0 radical (unpaired) electrons. The first kappa shape index (κ1) is 16.4. The highest BCUT2D eigenvalue weighted by Gasteiger charge is 2.38. The lowest BCUT2D eigenvalue weighted by Gasteiger charge is -2.43. The molecule has 1 aromatic rings. The van der Waals surface area contributed by atoms with E-state index in [4.69, 9.17) is 9.47 Å². The maximum atomic E-state index is 6.10. The zero-order valence-electron chi connectivity index (χ0n) is 13.8. The van der Waals surface area contributed by atoms with E-state index in [1.807, 2.05) is 11.3 Å². The van der Waals surface area contributed by atoms with Gasteiger partial charge in [-0.1, -0.05) is 0 Å². The molecule has 22 heavy (non-hydrogen) atoms. The third-order valence-corrected chi connectivity index (χ3v) is 6.10. The van der Waals surface area contributed by atoms with Crippen LogP contribution in [0.25, 0.3) is 0 Å². The Morgan fingerprint density at radius 2 is 2.09 bits per heavy atom. The van der Waals surface area contributed by atoms with Crippen LogP contribution in [0.3, 0.4) is 0 Å². The van der Waals surface area contributed by atoms with Gasteiger partial charge in [0.2, 0.25) is 0 Å². The van der Waals surface area contributed by atoms with Gasteiger partial charge in [-0.3, -0.25) is 0 Å². The first-order chi connectivity index (χ1) is 10.7. The normalized spacial score (nSPS) is 24.7. The van der Waals surface area contributed by atoms with Gasteiger partial charge in [-0.2, -0.15) is 0 Å². The summed E-state index contributed by atoms with van der Waals surface area (Å²) in [5, 5.41) is 5.02. The van der Waals surface area contributed by atoms with Gasteiger partial charge in [0, 0.05) is 37.2 Å². The predicted octanol–water partition coefficient (Wildman–Crippen LogP) is 3.01. The standard InChI is InChI=1S/C17H28N2O2S/c1-13-14(2)22-16(19-13)4-3-8-18-15-5-9-21-17(12-15)6-10-20-11-7-17/h15,18H,3-12H2,1-2H3/t15-/m0/s1. The molecule has 1 spiro atoms. The highest BCUT2D eigenvalue weighted by Crippen LogP contribution is 2.34. The van der Waals surface area contributed by atoms with Crippen LogP contribution >= 0.6 is 11.3 Å². The maximum absolute atomic E-state index is 6.10. The summed E-state index contributed by atoms with van der Waals surface area (Å²) in [6, 6.07) is 0.603. The number of nitrogens with one attached hydrogen (secondary N) is 1. The average molecular weight is 324 g/mol. The lowest BCUT2D eigenvalue weighted by atomic mass is 9.84. The van der Waals surface area contributed by atoms with E-state index in [1.165, 1.54) is 22.0 Å². The zero-order chi connectivity index (χ0) is 15.4. The van der Waals surface area contributed by atoms with E-state index >= 15 is 0 Å². The number of aromatic nitrogens is 1. The highest BCUT2D eigenvalue weighted by atomic mass is 32.1. The Morgan fingerprint density at radius 1 is 1.27 bits per heavy atom. The minimum absolute atomic E-state index is 0.0949. The second-order valence-electron chi connectivity index (χ2n) is 6.64. The molecular weight excluding hydrogens is 296 g/mol. The minimum atomic E-state index is 0.0949. The molecular formula is C17H28N2O2S. The van der Waals surface area contributed by atoms with Crippen LogP contribution in [-0.2, 0) is 15.9 Å². The van der Waals surface area contributed by atoms with Crippen molar-refractivity contribution < 1.29 is 9.47 Å². The Hall–Kier alpha value is -0.490. The summed E-state index contributed by atoms with van der Waals surface area (Å²) < 4.78 is 11.6. The molecule has 1 N–H and O–H groups in total. The van der Waals surface area contributed by atoms with E-state index in [-0.39, 0.29) is 5.60 Å². The van der Waals surface area contributed by atoms with Crippen LogP contribution in [0.4, 0.5) is 0 Å². The molecule has 0 bridgehead atoms. The Kier molecular flexibility index (Phi) is 5.50. The predicted molar refractivity (Wildman–Crippen MR) is 89.7 cm³/mol. The molecule has 1 atom stereocenters. The summed E-state index contributed by atoms with van der Waals surface area (Å²) in [6.45, 7) is 7.94. The number of aryl methyl sites for hydroxylation is 3. The molecule has 0 amide bonds. The van der Waals surface area contributed by atoms with Crippen LogP contribution in [0.5, 0.6) is 0 Å². The molecule has 0 aliphatic carbocycles. The first-order valence-electron chi connectivity index (χ1n) is 8.55. The summed E-state index contributed by atoms with van der Waals surface area (Å²) in [7, 11) is 0. The molecule has 5 heteroatoms. The molecule has 4 nitrogen and oxygen atoms in total. The number of nitrogens with zero attached hydrogens (tertiary/aromatic N) is 1. The Labute approximate surface area is 137 Å². The van der Waals surface area contributed by atoms with E-state index in [0.29, 0.717) is 6.04 Å². The third-order valence-electron chi connectivity index (χ3n) is 4.97. The fourth-order valence-electron chi connectivity index (χ4n) is 3.49. The van der Waals surface area contributed by atoms with E-state index < -0.39 is 0 Å². The molecule has 2 saturated heterocycles. The monoisotopic (exact) mass is 324 g/mol. The van der Waals surface area contributed by atoms with E-state index in [9.17, 15) is 0 Å². The van der Waals surface area contributed by atoms with E-state index in [1.54, 1.807) is 0 Å². The summed E-state index contributed by atoms with van der Waals surface area (Å²) in [5.74, 6) is 0. The third kappa shape index (κ3) is 4.07. The number of rotatable bonds is 5. The van der Waals surface area contributed by atoms with Gasteiger partial charge in [0.05, 0.1) is 16.3 Å². The van der Waals surface area contributed by atoms with Gasteiger partial charge >= 0.3 is 0 Å². The van der Waals surface area contributed by atoms with Crippen LogP contribution in [0.15, 0.2) is 0 Å². The molecule has 124 valence electrons. The lowest BCUT2D eigenvalue weighted by Crippen LogP contribution is -2.50. The summed E-state index contributed by atoms with van der Waals surface area (Å²) in [6.07, 6.45) is 6.66. The molecule has 3 heterocycles. The topological polar surface area (TPSA) is 43.4 Å². The maximum Gasteiger partial charge on any atom is 0.0931 e. The molecule has 0 saturated carbocycles. The highest BCUT2D eigenvalue weighted by molar-refractivity contribution is 7.11. The van der Waals surface area contributed by atoms with Crippen molar-refractivity contribution in [2.24, 2.45) is 0 Å². The number of ether oxygens (including phenoxy) is 2. The van der Waals surface area contributed by atoms with Crippen LogP contribution in [0.2, 0.25) is 0 Å². The van der Waals surface area contributed by atoms with Gasteiger partial charge in [-0.05, 0) is 52.5 Å². The van der Waals surface area contributed by atoms with Crippen LogP contribution < -0.4 is 5.32 Å². The van der Waals surface area contributed by atoms with Crippen LogP contribution in [-0.4, -0.2) is 43.0 Å². The van der Waals surface area contributed by atoms with Gasteiger partial charge in [0.25, 0.3) is 0 Å². The minimum Gasteiger partial charge on any atom is -0.381 e. The van der Waals surface area contributed by atoms with Crippen molar-refractivity contribution in [2.75, 3.05) is 26.4 Å². The van der Waals surface area contributed by atoms with Gasteiger partial charge < -0.3 is 14.8 Å². The number of hydrogen-bond acceptors (Lipinski definition) is 5. The fraction of sp³-hybridized carbons (Fsp3) is 0.824.